The van der Waals surface area contributed by atoms with Crippen molar-refractivity contribution in [2.45, 2.75) is 20.8 Å². The van der Waals surface area contributed by atoms with Gasteiger partial charge in [0, 0.05) is 32.7 Å². The van der Waals surface area contributed by atoms with Crippen molar-refractivity contribution in [1.82, 2.24) is 0 Å². The van der Waals surface area contributed by atoms with E-state index in [9.17, 15) is 0 Å². The summed E-state index contributed by atoms with van der Waals surface area (Å²) in [4.78, 5) is 0. The van der Waals surface area contributed by atoms with Crippen molar-refractivity contribution >= 4 is 0 Å². The molecule has 0 bridgehead atoms. The molecule has 0 aliphatic carbocycles. The Labute approximate surface area is 87.9 Å². The minimum absolute atomic E-state index is 0. The van der Waals surface area contributed by atoms with Crippen LogP contribution >= 0.6 is 0 Å². The molecule has 0 fully saturated rings. The van der Waals surface area contributed by atoms with E-state index in [0.29, 0.717) is 0 Å². The molecule has 0 saturated heterocycles. The molecule has 0 unspecified atom stereocenters. The van der Waals surface area contributed by atoms with Gasteiger partial charge >= 0.3 is 0 Å². The molecule has 0 aliphatic rings. The summed E-state index contributed by atoms with van der Waals surface area (Å²) < 4.78 is 0. The van der Waals surface area contributed by atoms with Crippen molar-refractivity contribution in [3.05, 3.63) is 34.9 Å². The van der Waals surface area contributed by atoms with Crippen molar-refractivity contribution in [2.24, 2.45) is 0 Å². The fraction of sp³-hybridized carbons (Fsp3) is 0.333. The summed E-state index contributed by atoms with van der Waals surface area (Å²) in [6.45, 7) is 6.25. The van der Waals surface area contributed by atoms with Crippen LogP contribution < -0.4 is 0 Å². The Morgan fingerprint density at radius 1 is 1.10 bits per heavy atom. The van der Waals surface area contributed by atoms with Crippen molar-refractivity contribution in [3.63, 3.8) is 0 Å². The van der Waals surface area contributed by atoms with Crippen LogP contribution in [-0.4, -0.2) is 0 Å². The van der Waals surface area contributed by atoms with Crippen molar-refractivity contribution in [2.75, 3.05) is 0 Å². The standard InChI is InChI=1S/C9H11.Y/c1-7-4-5-8(2)9(3)6-7;/h4-5H,1-3H3;/q-1;. The first-order valence-corrected chi connectivity index (χ1v) is 3.16. The third kappa shape index (κ3) is 2.52. The van der Waals surface area contributed by atoms with Gasteiger partial charge in [0.1, 0.15) is 0 Å². The second-order valence-corrected chi connectivity index (χ2v) is 2.45. The summed E-state index contributed by atoms with van der Waals surface area (Å²) in [6.07, 6.45) is 0. The van der Waals surface area contributed by atoms with Crippen LogP contribution in [0.2, 0.25) is 0 Å². The summed E-state index contributed by atoms with van der Waals surface area (Å²) in [5.41, 5.74) is 3.80. The van der Waals surface area contributed by atoms with Gasteiger partial charge in [-0.3, -0.25) is 0 Å². The molecular weight excluding hydrogens is 197 g/mol. The number of rotatable bonds is 0. The minimum Gasteiger partial charge on any atom is -0.177 e. The van der Waals surface area contributed by atoms with Crippen LogP contribution in [0.15, 0.2) is 12.1 Å². The van der Waals surface area contributed by atoms with E-state index in [1.807, 2.05) is 0 Å². The molecule has 1 rings (SSSR count). The van der Waals surface area contributed by atoms with Gasteiger partial charge < -0.3 is 0 Å². The first kappa shape index (κ1) is 10.3. The average molecular weight is 208 g/mol. The Hall–Kier alpha value is 0.324. The van der Waals surface area contributed by atoms with E-state index < -0.39 is 0 Å². The van der Waals surface area contributed by atoms with Gasteiger partial charge in [0.05, 0.1) is 0 Å². The zero-order valence-corrected chi connectivity index (χ0v) is 9.57. The van der Waals surface area contributed by atoms with Gasteiger partial charge in [-0.15, -0.1) is 0 Å². The SMILES string of the molecule is Cc1[c-]c(C)c(C)cc1.[Y]. The van der Waals surface area contributed by atoms with Gasteiger partial charge in [0.25, 0.3) is 0 Å². The molecule has 0 aliphatic heterocycles. The molecule has 0 N–H and O–H groups in total. The second kappa shape index (κ2) is 4.25. The van der Waals surface area contributed by atoms with Crippen molar-refractivity contribution in [1.29, 1.82) is 0 Å². The zero-order chi connectivity index (χ0) is 6.85. The number of aryl methyl sites for hydroxylation is 3. The smallest absolute Gasteiger partial charge is 0 e. The van der Waals surface area contributed by atoms with Gasteiger partial charge in [0.2, 0.25) is 0 Å². The van der Waals surface area contributed by atoms with Crippen LogP contribution in [-0.2, 0) is 32.7 Å². The van der Waals surface area contributed by atoms with E-state index in [4.69, 9.17) is 0 Å². The van der Waals surface area contributed by atoms with Gasteiger partial charge in [-0.05, 0) is 0 Å². The van der Waals surface area contributed by atoms with E-state index in [-0.39, 0.29) is 32.7 Å². The molecule has 10 heavy (non-hydrogen) atoms. The Balaban J connectivity index is 0.000000810. The molecular formula is C9H11Y-. The van der Waals surface area contributed by atoms with Crippen LogP contribution in [0.4, 0.5) is 0 Å². The van der Waals surface area contributed by atoms with E-state index in [1.165, 1.54) is 16.7 Å². The predicted octanol–water partition coefficient (Wildman–Crippen LogP) is 2.41. The van der Waals surface area contributed by atoms with E-state index in [2.05, 4.69) is 39.0 Å². The van der Waals surface area contributed by atoms with Crippen LogP contribution in [0.1, 0.15) is 16.7 Å². The normalized spacial score (nSPS) is 8.70. The van der Waals surface area contributed by atoms with Gasteiger partial charge in [-0.2, -0.15) is 34.9 Å². The molecule has 1 aromatic rings. The summed E-state index contributed by atoms with van der Waals surface area (Å²) in [5.74, 6) is 0. The molecule has 0 amide bonds. The molecule has 0 heterocycles. The largest absolute Gasteiger partial charge is 0.177 e. The number of hydrogen-bond donors (Lipinski definition) is 0. The third-order valence-electron chi connectivity index (χ3n) is 1.56. The molecule has 0 atom stereocenters. The van der Waals surface area contributed by atoms with Crippen LogP contribution in [0.25, 0.3) is 0 Å². The average Bonchev–Trinajstić information content (AvgIpc) is 1.80. The third-order valence-corrected chi connectivity index (χ3v) is 1.56. The molecule has 51 valence electrons. The molecule has 1 radical (unpaired) electrons. The van der Waals surface area contributed by atoms with E-state index in [0.717, 1.165) is 0 Å². The van der Waals surface area contributed by atoms with Crippen LogP contribution in [0.3, 0.4) is 0 Å². The van der Waals surface area contributed by atoms with Crippen molar-refractivity contribution < 1.29 is 32.7 Å². The Kier molecular flexibility index (Phi) is 4.39. The molecule has 0 spiro atoms. The summed E-state index contributed by atoms with van der Waals surface area (Å²) in [5, 5.41) is 0. The van der Waals surface area contributed by atoms with E-state index >= 15 is 0 Å². The first-order chi connectivity index (χ1) is 4.20. The fourth-order valence-corrected chi connectivity index (χ4v) is 0.811. The molecule has 0 nitrogen and oxygen atoms in total. The maximum Gasteiger partial charge on any atom is 0 e. The monoisotopic (exact) mass is 208 g/mol. The first-order valence-electron chi connectivity index (χ1n) is 3.16. The maximum absolute atomic E-state index is 3.24. The number of hydrogen-bond acceptors (Lipinski definition) is 0. The summed E-state index contributed by atoms with van der Waals surface area (Å²) in [7, 11) is 0. The topological polar surface area (TPSA) is 0 Å². The predicted molar refractivity (Wildman–Crippen MR) is 39.5 cm³/mol. The second-order valence-electron chi connectivity index (χ2n) is 2.45. The van der Waals surface area contributed by atoms with E-state index in [1.54, 1.807) is 0 Å². The summed E-state index contributed by atoms with van der Waals surface area (Å²) >= 11 is 0. The Morgan fingerprint density at radius 2 is 1.70 bits per heavy atom. The fourth-order valence-electron chi connectivity index (χ4n) is 0.811. The maximum atomic E-state index is 3.24. The molecule has 0 aromatic heterocycles. The summed E-state index contributed by atoms with van der Waals surface area (Å²) in [6, 6.07) is 7.45. The Bertz CT molecular complexity index is 216. The molecule has 1 heteroatoms. The van der Waals surface area contributed by atoms with Gasteiger partial charge in [0.15, 0.2) is 0 Å². The van der Waals surface area contributed by atoms with Crippen LogP contribution in [0, 0.1) is 26.8 Å². The molecule has 0 saturated carbocycles. The van der Waals surface area contributed by atoms with Crippen LogP contribution in [0.5, 0.6) is 0 Å². The zero-order valence-electron chi connectivity index (χ0n) is 6.73. The van der Waals surface area contributed by atoms with Gasteiger partial charge in [-0.1, -0.05) is 20.8 Å². The van der Waals surface area contributed by atoms with Crippen molar-refractivity contribution in [3.8, 4) is 0 Å². The number of benzene rings is 1. The minimum atomic E-state index is 0. The molecule has 1 aromatic carbocycles. The quantitative estimate of drug-likeness (QED) is 0.574. The van der Waals surface area contributed by atoms with Gasteiger partial charge in [-0.25, -0.2) is 0 Å². The Morgan fingerprint density at radius 3 is 2.10 bits per heavy atom.